The first kappa shape index (κ1) is 18.3. The second kappa shape index (κ2) is 8.71. The molecule has 0 spiro atoms. The van der Waals surface area contributed by atoms with Crippen molar-refractivity contribution in [3.8, 4) is 11.5 Å². The van der Waals surface area contributed by atoms with Crippen LogP contribution in [0.5, 0.6) is 11.5 Å². The van der Waals surface area contributed by atoms with Gasteiger partial charge in [0.25, 0.3) is 0 Å². The van der Waals surface area contributed by atoms with Crippen LogP contribution in [-0.4, -0.2) is 41.1 Å². The number of nitrogens with zero attached hydrogens (tertiary/aromatic N) is 4. The third-order valence-corrected chi connectivity index (χ3v) is 3.59. The van der Waals surface area contributed by atoms with Crippen LogP contribution in [0.4, 0.5) is 0 Å². The molecule has 0 saturated heterocycles. The maximum atomic E-state index is 5.38. The van der Waals surface area contributed by atoms with Gasteiger partial charge in [-0.1, -0.05) is 6.07 Å². The molecule has 0 radical (unpaired) electrons. The van der Waals surface area contributed by atoms with Gasteiger partial charge in [-0.15, -0.1) is 24.0 Å². The van der Waals surface area contributed by atoms with Crippen LogP contribution in [0.3, 0.4) is 0 Å². The Kier molecular flexibility index (Phi) is 6.64. The summed E-state index contributed by atoms with van der Waals surface area (Å²) in [5.74, 6) is 3.20. The molecule has 9 heteroatoms. The van der Waals surface area contributed by atoms with Crippen molar-refractivity contribution in [2.75, 3.05) is 20.4 Å². The topological polar surface area (TPSA) is 85.6 Å². The van der Waals surface area contributed by atoms with E-state index in [1.807, 2.05) is 25.2 Å². The van der Waals surface area contributed by atoms with E-state index in [0.29, 0.717) is 13.3 Å². The molecule has 0 atom stereocenters. The van der Waals surface area contributed by atoms with E-state index in [-0.39, 0.29) is 24.0 Å². The Balaban J connectivity index is 0.00000208. The Hall–Kier alpha value is -2.04. The van der Waals surface area contributed by atoms with Crippen molar-refractivity contribution in [3.63, 3.8) is 0 Å². The second-order valence-corrected chi connectivity index (χ2v) is 5.09. The average molecular weight is 444 g/mol. The van der Waals surface area contributed by atoms with Gasteiger partial charge in [0.05, 0.1) is 6.54 Å². The first-order chi connectivity index (χ1) is 11.3. The highest BCUT2D eigenvalue weighted by Crippen LogP contribution is 2.32. The van der Waals surface area contributed by atoms with Crippen LogP contribution in [0.15, 0.2) is 29.5 Å². The molecule has 1 aromatic heterocycles. The molecular weight excluding hydrogens is 423 g/mol. The van der Waals surface area contributed by atoms with Gasteiger partial charge in [0, 0.05) is 20.6 Å². The molecule has 0 unspecified atom stereocenters. The molecule has 1 aliphatic rings. The highest BCUT2D eigenvalue weighted by atomic mass is 127. The highest BCUT2D eigenvalue weighted by molar-refractivity contribution is 14.0. The lowest BCUT2D eigenvalue weighted by Crippen LogP contribution is -2.38. The molecule has 8 nitrogen and oxygen atoms in total. The van der Waals surface area contributed by atoms with Crippen molar-refractivity contribution in [3.05, 3.63) is 35.9 Å². The Morgan fingerprint density at radius 1 is 1.29 bits per heavy atom. The summed E-state index contributed by atoms with van der Waals surface area (Å²) in [6.45, 7) is 1.63. The standard InChI is InChI=1S/C15H20N6O2.HI/c1-16-15(18-8-14-19-9-20-21(14)2)17-6-5-11-3-4-12-13(7-11)23-10-22-12;/h3-4,7,9H,5-6,8,10H2,1-2H3,(H2,16,17,18);1H. The molecule has 24 heavy (non-hydrogen) atoms. The molecule has 3 rings (SSSR count). The van der Waals surface area contributed by atoms with Gasteiger partial charge in [-0.3, -0.25) is 9.67 Å². The number of ether oxygens (including phenoxy) is 2. The zero-order chi connectivity index (χ0) is 16.1. The van der Waals surface area contributed by atoms with E-state index in [2.05, 4.69) is 25.7 Å². The Labute approximate surface area is 157 Å². The molecular formula is C15H21IN6O2. The lowest BCUT2D eigenvalue weighted by molar-refractivity contribution is 0.174. The molecule has 0 amide bonds. The molecule has 0 bridgehead atoms. The number of hydrogen-bond donors (Lipinski definition) is 2. The van der Waals surface area contributed by atoms with Gasteiger partial charge in [-0.25, -0.2) is 4.98 Å². The normalized spacial score (nSPS) is 12.7. The fourth-order valence-corrected chi connectivity index (χ4v) is 2.29. The molecule has 1 aromatic carbocycles. The predicted octanol–water partition coefficient (Wildman–Crippen LogP) is 1.07. The average Bonchev–Trinajstić information content (AvgIpc) is 3.19. The van der Waals surface area contributed by atoms with Gasteiger partial charge >= 0.3 is 0 Å². The van der Waals surface area contributed by atoms with Gasteiger partial charge in [-0.05, 0) is 24.1 Å². The van der Waals surface area contributed by atoms with Gasteiger partial charge < -0.3 is 20.1 Å². The summed E-state index contributed by atoms with van der Waals surface area (Å²) < 4.78 is 12.4. The zero-order valence-corrected chi connectivity index (χ0v) is 16.0. The minimum absolute atomic E-state index is 0. The van der Waals surface area contributed by atoms with Crippen molar-refractivity contribution in [1.29, 1.82) is 0 Å². The van der Waals surface area contributed by atoms with E-state index in [9.17, 15) is 0 Å². The second-order valence-electron chi connectivity index (χ2n) is 5.09. The van der Waals surface area contributed by atoms with E-state index >= 15 is 0 Å². The summed E-state index contributed by atoms with van der Waals surface area (Å²) in [5.41, 5.74) is 1.19. The lowest BCUT2D eigenvalue weighted by Gasteiger charge is -2.11. The molecule has 2 aromatic rings. The van der Waals surface area contributed by atoms with Crippen LogP contribution in [0, 0.1) is 0 Å². The number of rotatable bonds is 5. The molecule has 2 N–H and O–H groups in total. The zero-order valence-electron chi connectivity index (χ0n) is 13.7. The number of aryl methyl sites for hydroxylation is 1. The summed E-state index contributed by atoms with van der Waals surface area (Å²) in [4.78, 5) is 8.36. The summed E-state index contributed by atoms with van der Waals surface area (Å²) in [6, 6.07) is 6.00. The number of aromatic nitrogens is 3. The number of halogens is 1. The van der Waals surface area contributed by atoms with E-state index in [4.69, 9.17) is 9.47 Å². The first-order valence-electron chi connectivity index (χ1n) is 7.42. The fraction of sp³-hybridized carbons (Fsp3) is 0.400. The van der Waals surface area contributed by atoms with Crippen LogP contribution in [0.25, 0.3) is 0 Å². The monoisotopic (exact) mass is 444 g/mol. The summed E-state index contributed by atoms with van der Waals surface area (Å²) in [6.07, 6.45) is 2.40. The van der Waals surface area contributed by atoms with E-state index < -0.39 is 0 Å². The third-order valence-electron chi connectivity index (χ3n) is 3.59. The number of aliphatic imine (C=N–C) groups is 1. The highest BCUT2D eigenvalue weighted by Gasteiger charge is 2.13. The largest absolute Gasteiger partial charge is 0.454 e. The maximum absolute atomic E-state index is 5.38. The van der Waals surface area contributed by atoms with Gasteiger partial charge in [0.2, 0.25) is 6.79 Å². The molecule has 0 aliphatic carbocycles. The van der Waals surface area contributed by atoms with Gasteiger partial charge in [-0.2, -0.15) is 5.10 Å². The molecule has 0 fully saturated rings. The maximum Gasteiger partial charge on any atom is 0.231 e. The van der Waals surface area contributed by atoms with E-state index in [1.54, 1.807) is 11.7 Å². The number of fused-ring (bicyclic) bond motifs is 1. The van der Waals surface area contributed by atoms with Crippen LogP contribution in [-0.2, 0) is 20.0 Å². The van der Waals surface area contributed by atoms with Crippen LogP contribution >= 0.6 is 24.0 Å². The smallest absolute Gasteiger partial charge is 0.231 e. The number of guanidine groups is 1. The first-order valence-corrected chi connectivity index (χ1v) is 7.42. The molecule has 1 aliphatic heterocycles. The minimum atomic E-state index is 0. The van der Waals surface area contributed by atoms with Gasteiger partial charge in [0.15, 0.2) is 17.5 Å². The van der Waals surface area contributed by atoms with E-state index in [1.165, 1.54) is 11.9 Å². The number of nitrogens with one attached hydrogen (secondary N) is 2. The van der Waals surface area contributed by atoms with Crippen LogP contribution in [0.2, 0.25) is 0 Å². The van der Waals surface area contributed by atoms with Crippen molar-refractivity contribution < 1.29 is 9.47 Å². The molecule has 2 heterocycles. The third kappa shape index (κ3) is 4.49. The Bertz CT molecular complexity index is 703. The van der Waals surface area contributed by atoms with E-state index in [0.717, 1.165) is 36.2 Å². The van der Waals surface area contributed by atoms with Gasteiger partial charge in [0.1, 0.15) is 12.2 Å². The Morgan fingerprint density at radius 3 is 2.88 bits per heavy atom. The lowest BCUT2D eigenvalue weighted by atomic mass is 10.1. The van der Waals surface area contributed by atoms with Crippen molar-refractivity contribution >= 4 is 29.9 Å². The summed E-state index contributed by atoms with van der Waals surface area (Å²) >= 11 is 0. The fourth-order valence-electron chi connectivity index (χ4n) is 2.29. The SMILES string of the molecule is CN=C(NCCc1ccc2c(c1)OCO2)NCc1ncnn1C.I. The molecule has 0 saturated carbocycles. The minimum Gasteiger partial charge on any atom is -0.454 e. The quantitative estimate of drug-likeness (QED) is 0.408. The summed E-state index contributed by atoms with van der Waals surface area (Å²) in [5, 5.41) is 10.5. The van der Waals surface area contributed by atoms with Crippen LogP contribution in [0.1, 0.15) is 11.4 Å². The van der Waals surface area contributed by atoms with Crippen molar-refractivity contribution in [1.82, 2.24) is 25.4 Å². The molecule has 130 valence electrons. The Morgan fingerprint density at radius 2 is 2.12 bits per heavy atom. The predicted molar refractivity (Wildman–Crippen MR) is 101 cm³/mol. The number of benzene rings is 1. The summed E-state index contributed by atoms with van der Waals surface area (Å²) in [7, 11) is 3.60. The van der Waals surface area contributed by atoms with Crippen LogP contribution < -0.4 is 20.1 Å². The van der Waals surface area contributed by atoms with Crippen molar-refractivity contribution in [2.45, 2.75) is 13.0 Å². The number of hydrogen-bond acceptors (Lipinski definition) is 5. The van der Waals surface area contributed by atoms with Crippen molar-refractivity contribution in [2.24, 2.45) is 12.0 Å².